The summed E-state index contributed by atoms with van der Waals surface area (Å²) in [5, 5.41) is 5.09. The van der Waals surface area contributed by atoms with Gasteiger partial charge in [-0.25, -0.2) is 4.79 Å². The minimum Gasteiger partial charge on any atom is -0.482 e. The Morgan fingerprint density at radius 1 is 1.33 bits per heavy atom. The van der Waals surface area contributed by atoms with Gasteiger partial charge in [0.15, 0.2) is 6.61 Å². The third-order valence-electron chi connectivity index (χ3n) is 1.87. The van der Waals surface area contributed by atoms with Gasteiger partial charge >= 0.3 is 6.03 Å². The number of rotatable bonds is 4. The van der Waals surface area contributed by atoms with Crippen LogP contribution < -0.4 is 15.4 Å². The van der Waals surface area contributed by atoms with E-state index in [2.05, 4.69) is 10.6 Å². The molecule has 0 saturated heterocycles. The number of amides is 3. The number of carbonyl (C=O) groups excluding carboxylic acids is 2. The van der Waals surface area contributed by atoms with E-state index in [0.717, 1.165) is 0 Å². The Bertz CT molecular complexity index is 435. The summed E-state index contributed by atoms with van der Waals surface area (Å²) >= 11 is 5.85. The van der Waals surface area contributed by atoms with E-state index in [4.69, 9.17) is 16.3 Å². The lowest BCUT2D eigenvalue weighted by Gasteiger charge is -2.10. The first-order valence-corrected chi connectivity index (χ1v) is 5.84. The van der Waals surface area contributed by atoms with Crippen LogP contribution in [-0.4, -0.2) is 24.6 Å². The molecule has 1 aromatic rings. The summed E-state index contributed by atoms with van der Waals surface area (Å²) in [6.45, 7) is 3.32. The van der Waals surface area contributed by atoms with Crippen LogP contribution in [0.2, 0.25) is 5.02 Å². The van der Waals surface area contributed by atoms with Crippen LogP contribution in [0.15, 0.2) is 24.3 Å². The Morgan fingerprint density at radius 2 is 2.00 bits per heavy atom. The van der Waals surface area contributed by atoms with E-state index in [1.165, 1.54) is 0 Å². The summed E-state index contributed by atoms with van der Waals surface area (Å²) in [6.07, 6.45) is 0. The molecule has 5 nitrogen and oxygen atoms in total. The zero-order valence-corrected chi connectivity index (χ0v) is 11.0. The second-order valence-corrected chi connectivity index (χ2v) is 4.30. The van der Waals surface area contributed by atoms with Gasteiger partial charge in [-0.1, -0.05) is 23.7 Å². The fraction of sp³-hybridized carbons (Fsp3) is 0.333. The molecular formula is C12H15ClN2O3. The first-order valence-electron chi connectivity index (χ1n) is 5.46. The number of hydrogen-bond donors (Lipinski definition) is 2. The Hall–Kier alpha value is -1.75. The fourth-order valence-electron chi connectivity index (χ4n) is 1.17. The molecule has 0 spiro atoms. The molecule has 0 aliphatic carbocycles. The van der Waals surface area contributed by atoms with Gasteiger partial charge in [0.25, 0.3) is 5.91 Å². The van der Waals surface area contributed by atoms with E-state index in [-0.39, 0.29) is 12.6 Å². The number of para-hydroxylation sites is 1. The van der Waals surface area contributed by atoms with Gasteiger partial charge in [-0.3, -0.25) is 10.1 Å². The first-order chi connectivity index (χ1) is 8.49. The quantitative estimate of drug-likeness (QED) is 0.879. The standard InChI is InChI=1S/C12H15ClN2O3/c1-8(2)14-12(17)15-11(16)7-18-10-6-4-3-5-9(10)13/h3-6,8H,7H2,1-2H3,(H2,14,15,16,17). The van der Waals surface area contributed by atoms with Crippen LogP contribution in [0.4, 0.5) is 4.79 Å². The average Bonchev–Trinajstić information content (AvgIpc) is 2.26. The Balaban J connectivity index is 2.38. The minimum atomic E-state index is -0.544. The molecule has 0 saturated carbocycles. The number of nitrogens with one attached hydrogen (secondary N) is 2. The topological polar surface area (TPSA) is 67.4 Å². The third-order valence-corrected chi connectivity index (χ3v) is 2.18. The normalized spacial score (nSPS) is 10.0. The van der Waals surface area contributed by atoms with Crippen molar-refractivity contribution in [2.75, 3.05) is 6.61 Å². The van der Waals surface area contributed by atoms with Crippen LogP contribution in [0.5, 0.6) is 5.75 Å². The maximum atomic E-state index is 11.4. The van der Waals surface area contributed by atoms with Crippen molar-refractivity contribution in [3.63, 3.8) is 0 Å². The Morgan fingerprint density at radius 3 is 2.61 bits per heavy atom. The predicted molar refractivity (Wildman–Crippen MR) is 68.8 cm³/mol. The molecule has 0 atom stereocenters. The van der Waals surface area contributed by atoms with Gasteiger partial charge in [0.2, 0.25) is 0 Å². The van der Waals surface area contributed by atoms with Gasteiger partial charge < -0.3 is 10.1 Å². The Labute approximate surface area is 110 Å². The highest BCUT2D eigenvalue weighted by Crippen LogP contribution is 2.22. The highest BCUT2D eigenvalue weighted by atomic mass is 35.5. The molecule has 0 radical (unpaired) electrons. The average molecular weight is 271 g/mol. The Kier molecular flexibility index (Phi) is 5.45. The maximum Gasteiger partial charge on any atom is 0.321 e. The lowest BCUT2D eigenvalue weighted by molar-refractivity contribution is -0.122. The van der Waals surface area contributed by atoms with Crippen molar-refractivity contribution in [2.24, 2.45) is 0 Å². The molecule has 0 unspecified atom stereocenters. The number of halogens is 1. The summed E-state index contributed by atoms with van der Waals surface area (Å²) in [7, 11) is 0. The van der Waals surface area contributed by atoms with Gasteiger partial charge in [0.05, 0.1) is 5.02 Å². The van der Waals surface area contributed by atoms with Crippen molar-refractivity contribution in [3.05, 3.63) is 29.3 Å². The zero-order valence-electron chi connectivity index (χ0n) is 10.2. The van der Waals surface area contributed by atoms with Crippen molar-refractivity contribution < 1.29 is 14.3 Å². The SMILES string of the molecule is CC(C)NC(=O)NC(=O)COc1ccccc1Cl. The van der Waals surface area contributed by atoms with Gasteiger partial charge in [-0.15, -0.1) is 0 Å². The van der Waals surface area contributed by atoms with E-state index in [9.17, 15) is 9.59 Å². The molecule has 0 fully saturated rings. The van der Waals surface area contributed by atoms with Crippen molar-refractivity contribution in [3.8, 4) is 5.75 Å². The van der Waals surface area contributed by atoms with E-state index in [0.29, 0.717) is 10.8 Å². The molecule has 18 heavy (non-hydrogen) atoms. The van der Waals surface area contributed by atoms with Crippen LogP contribution >= 0.6 is 11.6 Å². The maximum absolute atomic E-state index is 11.4. The highest BCUT2D eigenvalue weighted by Gasteiger charge is 2.09. The van der Waals surface area contributed by atoms with E-state index >= 15 is 0 Å². The van der Waals surface area contributed by atoms with Crippen molar-refractivity contribution in [2.45, 2.75) is 19.9 Å². The fourth-order valence-corrected chi connectivity index (χ4v) is 1.36. The van der Waals surface area contributed by atoms with E-state index < -0.39 is 11.9 Å². The first kappa shape index (κ1) is 14.3. The molecule has 0 heterocycles. The smallest absolute Gasteiger partial charge is 0.321 e. The molecule has 1 rings (SSSR count). The van der Waals surface area contributed by atoms with E-state index in [1.54, 1.807) is 38.1 Å². The van der Waals surface area contributed by atoms with Crippen molar-refractivity contribution >= 4 is 23.5 Å². The second kappa shape index (κ2) is 6.86. The number of carbonyl (C=O) groups is 2. The lowest BCUT2D eigenvalue weighted by atomic mass is 10.3. The van der Waals surface area contributed by atoms with Gasteiger partial charge in [0.1, 0.15) is 5.75 Å². The number of ether oxygens (including phenoxy) is 1. The summed E-state index contributed by atoms with van der Waals surface area (Å²) in [6, 6.07) is 6.21. The molecule has 98 valence electrons. The molecule has 0 bridgehead atoms. The molecule has 0 aromatic heterocycles. The van der Waals surface area contributed by atoms with Gasteiger partial charge in [0, 0.05) is 6.04 Å². The van der Waals surface area contributed by atoms with Crippen LogP contribution in [0.3, 0.4) is 0 Å². The van der Waals surface area contributed by atoms with E-state index in [1.807, 2.05) is 0 Å². The van der Waals surface area contributed by atoms with Crippen LogP contribution in [0.1, 0.15) is 13.8 Å². The second-order valence-electron chi connectivity index (χ2n) is 3.90. The van der Waals surface area contributed by atoms with Crippen LogP contribution in [-0.2, 0) is 4.79 Å². The molecule has 1 aromatic carbocycles. The summed E-state index contributed by atoms with van der Waals surface area (Å²) in [4.78, 5) is 22.6. The lowest BCUT2D eigenvalue weighted by Crippen LogP contribution is -2.44. The molecule has 0 aliphatic heterocycles. The zero-order chi connectivity index (χ0) is 13.5. The molecule has 2 N–H and O–H groups in total. The largest absolute Gasteiger partial charge is 0.482 e. The molecular weight excluding hydrogens is 256 g/mol. The van der Waals surface area contributed by atoms with Gasteiger partial charge in [-0.05, 0) is 26.0 Å². The highest BCUT2D eigenvalue weighted by molar-refractivity contribution is 6.32. The molecule has 6 heteroatoms. The number of imide groups is 1. The number of hydrogen-bond acceptors (Lipinski definition) is 3. The summed E-state index contributed by atoms with van der Waals surface area (Å²) in [5.41, 5.74) is 0. The number of urea groups is 1. The van der Waals surface area contributed by atoms with Gasteiger partial charge in [-0.2, -0.15) is 0 Å². The minimum absolute atomic E-state index is 0.0395. The monoisotopic (exact) mass is 270 g/mol. The summed E-state index contributed by atoms with van der Waals surface area (Å²) < 4.78 is 5.18. The van der Waals surface area contributed by atoms with Crippen LogP contribution in [0, 0.1) is 0 Å². The predicted octanol–water partition coefficient (Wildman–Crippen LogP) is 1.95. The molecule has 0 aliphatic rings. The molecule has 3 amide bonds. The van der Waals surface area contributed by atoms with Crippen molar-refractivity contribution in [1.82, 2.24) is 10.6 Å². The summed E-state index contributed by atoms with van der Waals surface area (Å²) in [5.74, 6) is -0.133. The van der Waals surface area contributed by atoms with Crippen molar-refractivity contribution in [1.29, 1.82) is 0 Å². The third kappa shape index (κ3) is 5.05. The number of benzene rings is 1. The van der Waals surface area contributed by atoms with Crippen LogP contribution in [0.25, 0.3) is 0 Å².